The van der Waals surface area contributed by atoms with E-state index in [4.69, 9.17) is 9.47 Å². The van der Waals surface area contributed by atoms with E-state index in [0.717, 1.165) is 0 Å². The first-order valence-corrected chi connectivity index (χ1v) is 13.5. The van der Waals surface area contributed by atoms with E-state index < -0.39 is 57.3 Å². The molecule has 2 saturated heterocycles. The minimum atomic E-state index is -1.78. The maximum absolute atomic E-state index is 13.3. The Bertz CT molecular complexity index is 1050. The molecule has 4 aliphatic carbocycles. The van der Waals surface area contributed by atoms with Crippen LogP contribution in [0.1, 0.15) is 73.1 Å². The van der Waals surface area contributed by atoms with E-state index in [1.807, 2.05) is 13.8 Å². The Hall–Kier alpha value is -1.32. The number of allylic oxidation sites excluding steroid dienone is 1. The van der Waals surface area contributed by atoms with Gasteiger partial charge in [-0.1, -0.05) is 6.92 Å². The molecule has 0 amide bonds. The number of carbonyl (C=O) groups excluding carboxylic acids is 2. The van der Waals surface area contributed by atoms with Crippen LogP contribution in [-0.2, 0) is 19.1 Å². The molecular formula is C28H40O8. The smallest absolute Gasteiger partial charge is 0.311 e. The zero-order chi connectivity index (χ0) is 26.3. The van der Waals surface area contributed by atoms with Gasteiger partial charge in [0.1, 0.15) is 29.0 Å². The Labute approximate surface area is 212 Å². The van der Waals surface area contributed by atoms with Crippen molar-refractivity contribution >= 4 is 11.8 Å². The summed E-state index contributed by atoms with van der Waals surface area (Å²) in [5, 5.41) is 46.0. The highest BCUT2D eigenvalue weighted by molar-refractivity contribution is 5.98. The number of aliphatic hydroxyl groups is 4. The second-order valence-electron chi connectivity index (χ2n) is 13.6. The summed E-state index contributed by atoms with van der Waals surface area (Å²) in [4.78, 5) is 25.9. The van der Waals surface area contributed by atoms with Gasteiger partial charge in [-0.25, -0.2) is 0 Å². The molecule has 200 valence electrons. The van der Waals surface area contributed by atoms with Gasteiger partial charge < -0.3 is 29.9 Å². The van der Waals surface area contributed by atoms with Crippen molar-refractivity contribution in [2.24, 2.45) is 34.5 Å². The normalized spacial score (nSPS) is 59.2. The van der Waals surface area contributed by atoms with Gasteiger partial charge in [-0.05, 0) is 89.7 Å². The number of fused-ring (bicyclic) bond motifs is 4. The molecule has 6 rings (SSSR count). The van der Waals surface area contributed by atoms with Crippen LogP contribution >= 0.6 is 0 Å². The van der Waals surface area contributed by atoms with E-state index in [2.05, 4.69) is 0 Å². The number of ether oxygens (including phenoxy) is 2. The predicted octanol–water partition coefficient (Wildman–Crippen LogP) is 1.66. The molecule has 0 aromatic rings. The molecule has 0 aromatic carbocycles. The number of epoxide rings is 1. The number of hydrogen-bond donors (Lipinski definition) is 4. The van der Waals surface area contributed by atoms with Crippen molar-refractivity contribution in [3.8, 4) is 0 Å². The molecule has 2 aliphatic heterocycles. The van der Waals surface area contributed by atoms with E-state index in [-0.39, 0.29) is 36.1 Å². The molecule has 8 heteroatoms. The molecule has 0 unspecified atom stereocenters. The van der Waals surface area contributed by atoms with Crippen LogP contribution in [0, 0.1) is 34.5 Å². The van der Waals surface area contributed by atoms with Crippen LogP contribution in [0.3, 0.4) is 0 Å². The number of carbonyl (C=O) groups is 2. The van der Waals surface area contributed by atoms with E-state index >= 15 is 0 Å². The number of aliphatic hydroxyl groups excluding tert-OH is 1. The summed E-state index contributed by atoms with van der Waals surface area (Å²) in [7, 11) is 0. The first-order chi connectivity index (χ1) is 16.6. The maximum atomic E-state index is 13.3. The van der Waals surface area contributed by atoms with Crippen molar-refractivity contribution < 1.29 is 39.5 Å². The van der Waals surface area contributed by atoms with Crippen LogP contribution in [0.5, 0.6) is 0 Å². The monoisotopic (exact) mass is 504 g/mol. The van der Waals surface area contributed by atoms with Gasteiger partial charge in [0.05, 0.1) is 23.0 Å². The van der Waals surface area contributed by atoms with Crippen LogP contribution in [0.25, 0.3) is 0 Å². The largest absolute Gasteiger partial charge is 0.459 e. The van der Waals surface area contributed by atoms with Gasteiger partial charge in [0.15, 0.2) is 5.78 Å². The quantitative estimate of drug-likeness (QED) is 0.329. The Morgan fingerprint density at radius 1 is 1.08 bits per heavy atom. The molecule has 13 atom stereocenters. The van der Waals surface area contributed by atoms with E-state index in [1.165, 1.54) is 6.08 Å². The summed E-state index contributed by atoms with van der Waals surface area (Å²) in [5.41, 5.74) is -7.04. The van der Waals surface area contributed by atoms with Crippen LogP contribution in [0.2, 0.25) is 0 Å². The molecule has 36 heavy (non-hydrogen) atoms. The minimum Gasteiger partial charge on any atom is -0.459 e. The Balaban J connectivity index is 1.34. The summed E-state index contributed by atoms with van der Waals surface area (Å²) in [6, 6.07) is 0. The van der Waals surface area contributed by atoms with Crippen LogP contribution in [0.15, 0.2) is 12.2 Å². The first-order valence-electron chi connectivity index (χ1n) is 13.5. The molecule has 8 nitrogen and oxygen atoms in total. The summed E-state index contributed by atoms with van der Waals surface area (Å²) in [6.07, 6.45) is 4.00. The Kier molecular flexibility index (Phi) is 4.86. The van der Waals surface area contributed by atoms with Gasteiger partial charge in [0.2, 0.25) is 0 Å². The average molecular weight is 505 g/mol. The Morgan fingerprint density at radius 2 is 1.75 bits per heavy atom. The minimum absolute atomic E-state index is 0.000623. The van der Waals surface area contributed by atoms with Gasteiger partial charge in [-0.3, -0.25) is 9.59 Å². The standard InChI is InChI=1S/C28H40O8/c1-14-22(31)35-21(13-24(14,3)32)26(5,33)27(34)11-9-16-15-12-20-28(36-20)19(30)7-6-18(29)25(28,4)17(15)8-10-23(16,27)2/h6-7,14-17,19-21,30,32-34H,8-13H2,1-5H3/t14-,15+,16+,17-,19-,20+,21-,23-,24+,25-,26-,27+,28+/m0/s1. The fourth-order valence-corrected chi connectivity index (χ4v) is 9.71. The maximum Gasteiger partial charge on any atom is 0.311 e. The van der Waals surface area contributed by atoms with E-state index in [9.17, 15) is 30.0 Å². The van der Waals surface area contributed by atoms with Crippen LogP contribution < -0.4 is 0 Å². The second-order valence-corrected chi connectivity index (χ2v) is 13.6. The lowest BCUT2D eigenvalue weighted by molar-refractivity contribution is -0.270. The fraction of sp³-hybridized carbons (Fsp3) is 0.857. The molecule has 1 spiro atoms. The lowest BCUT2D eigenvalue weighted by Crippen LogP contribution is -2.70. The SMILES string of the molecule is C[C@H]1C(=O)O[C@H]([C@](C)(O)[C@@]2(O)CC[C@@H]3[C@H]4C[C@H]5O[C@]56[C@@H](O)C=CC(=O)[C@]6(C)[C@H]4CC[C@@]32C)C[C@@]1(C)O. The molecule has 6 aliphatic rings. The second kappa shape index (κ2) is 7.00. The number of cyclic esters (lactones) is 1. The summed E-state index contributed by atoms with van der Waals surface area (Å²) < 4.78 is 11.8. The molecule has 3 saturated carbocycles. The molecule has 2 heterocycles. The average Bonchev–Trinajstić information content (AvgIpc) is 3.47. The third-order valence-electron chi connectivity index (χ3n) is 12.4. The molecule has 0 aromatic heterocycles. The third kappa shape index (κ3) is 2.58. The van der Waals surface area contributed by atoms with Gasteiger partial charge in [0.25, 0.3) is 0 Å². The summed E-state index contributed by atoms with van der Waals surface area (Å²) in [6.45, 7) is 8.70. The van der Waals surface area contributed by atoms with Gasteiger partial charge in [-0.2, -0.15) is 0 Å². The lowest BCUT2D eigenvalue weighted by atomic mass is 9.43. The van der Waals surface area contributed by atoms with E-state index in [1.54, 1.807) is 26.8 Å². The van der Waals surface area contributed by atoms with Crippen molar-refractivity contribution in [3.63, 3.8) is 0 Å². The fourth-order valence-electron chi connectivity index (χ4n) is 9.71. The van der Waals surface area contributed by atoms with E-state index in [0.29, 0.717) is 32.1 Å². The molecule has 0 bridgehead atoms. The van der Waals surface area contributed by atoms with Crippen molar-refractivity contribution in [3.05, 3.63) is 12.2 Å². The van der Waals surface area contributed by atoms with Crippen LogP contribution in [0.4, 0.5) is 0 Å². The number of rotatable bonds is 2. The van der Waals surface area contributed by atoms with Gasteiger partial charge >= 0.3 is 5.97 Å². The number of ketones is 1. The van der Waals surface area contributed by atoms with Crippen molar-refractivity contribution in [2.75, 3.05) is 0 Å². The summed E-state index contributed by atoms with van der Waals surface area (Å²) in [5.74, 6) is -1.17. The number of hydrogen-bond acceptors (Lipinski definition) is 8. The van der Waals surface area contributed by atoms with Crippen molar-refractivity contribution in [1.29, 1.82) is 0 Å². The molecule has 0 radical (unpaired) electrons. The van der Waals surface area contributed by atoms with Crippen molar-refractivity contribution in [2.45, 2.75) is 114 Å². The molecular weight excluding hydrogens is 464 g/mol. The first kappa shape index (κ1) is 25.0. The lowest BCUT2D eigenvalue weighted by Gasteiger charge is -2.61. The zero-order valence-electron chi connectivity index (χ0n) is 21.9. The number of esters is 1. The topological polar surface area (TPSA) is 137 Å². The summed E-state index contributed by atoms with van der Waals surface area (Å²) >= 11 is 0. The van der Waals surface area contributed by atoms with Gasteiger partial charge in [-0.15, -0.1) is 0 Å². The molecule has 5 fully saturated rings. The van der Waals surface area contributed by atoms with Gasteiger partial charge in [0, 0.05) is 11.8 Å². The molecule has 4 N–H and O–H groups in total. The highest BCUT2D eigenvalue weighted by Crippen LogP contribution is 2.74. The highest BCUT2D eigenvalue weighted by Gasteiger charge is 2.81. The van der Waals surface area contributed by atoms with Crippen molar-refractivity contribution in [1.82, 2.24) is 0 Å². The third-order valence-corrected chi connectivity index (χ3v) is 12.4. The predicted molar refractivity (Wildman–Crippen MR) is 127 cm³/mol. The van der Waals surface area contributed by atoms with Crippen LogP contribution in [-0.4, -0.2) is 72.9 Å². The Morgan fingerprint density at radius 3 is 2.42 bits per heavy atom. The zero-order valence-corrected chi connectivity index (χ0v) is 21.9. The highest BCUT2D eigenvalue weighted by atomic mass is 16.6.